The molecule has 0 radical (unpaired) electrons. The number of nitrogens with two attached hydrogens (primary N) is 1. The van der Waals surface area contributed by atoms with Crippen LogP contribution in [-0.4, -0.2) is 39.4 Å². The maximum Gasteiger partial charge on any atom is 0.351 e. The fraction of sp³-hybridized carbons (Fsp3) is 0.708. The largest absolute Gasteiger partial charge is 0.463 e. The molecule has 8 heteroatoms. The van der Waals surface area contributed by atoms with E-state index in [0.29, 0.717) is 12.0 Å². The fourth-order valence-corrected chi connectivity index (χ4v) is 3.87. The molecule has 0 amide bonds. The number of hydrogen-bond donors (Lipinski definition) is 2. The Kier molecular flexibility index (Phi) is 11.5. The Morgan fingerprint density at radius 2 is 1.75 bits per heavy atom. The van der Waals surface area contributed by atoms with Gasteiger partial charge < -0.3 is 20.3 Å². The number of aliphatic hydroxyl groups is 1. The summed E-state index contributed by atoms with van der Waals surface area (Å²) in [6.07, 6.45) is 12.5. The number of esters is 1. The molecule has 180 valence electrons. The lowest BCUT2D eigenvalue weighted by molar-refractivity contribution is -0.150. The van der Waals surface area contributed by atoms with Gasteiger partial charge in [0.05, 0.1) is 0 Å². The summed E-state index contributed by atoms with van der Waals surface area (Å²) in [6, 6.07) is 1.46. The van der Waals surface area contributed by atoms with Crippen molar-refractivity contribution in [2.24, 2.45) is 0 Å². The van der Waals surface area contributed by atoms with Crippen LogP contribution in [-0.2, 0) is 14.3 Å². The molecule has 0 aromatic carbocycles. The Balaban J connectivity index is 1.59. The summed E-state index contributed by atoms with van der Waals surface area (Å²) < 4.78 is 12.2. The maximum atomic E-state index is 12.0. The zero-order valence-electron chi connectivity index (χ0n) is 19.3. The van der Waals surface area contributed by atoms with E-state index in [9.17, 15) is 14.7 Å². The molecule has 0 saturated carbocycles. The van der Waals surface area contributed by atoms with Gasteiger partial charge in [0.1, 0.15) is 24.6 Å². The van der Waals surface area contributed by atoms with E-state index in [0.717, 1.165) is 19.3 Å². The molecule has 1 saturated heterocycles. The van der Waals surface area contributed by atoms with E-state index >= 15 is 0 Å². The third-order valence-electron chi connectivity index (χ3n) is 5.85. The minimum atomic E-state index is -1.04. The molecule has 1 aromatic heterocycles. The van der Waals surface area contributed by atoms with Gasteiger partial charge in [-0.15, -0.1) is 0 Å². The van der Waals surface area contributed by atoms with Gasteiger partial charge in [0.15, 0.2) is 6.23 Å². The predicted molar refractivity (Wildman–Crippen MR) is 124 cm³/mol. The number of ether oxygens (including phenoxy) is 2. The van der Waals surface area contributed by atoms with Crippen molar-refractivity contribution in [3.8, 4) is 0 Å². The molecule has 0 aliphatic carbocycles. The summed E-state index contributed by atoms with van der Waals surface area (Å²) in [5.41, 5.74) is 5.21. The number of aliphatic hydroxyl groups excluding tert-OH is 1. The number of unbranched alkanes of at least 4 members (excludes halogenated alkanes) is 10. The van der Waals surface area contributed by atoms with Crippen LogP contribution in [0, 0.1) is 0 Å². The third kappa shape index (κ3) is 8.39. The second-order valence-corrected chi connectivity index (χ2v) is 8.56. The highest BCUT2D eigenvalue weighted by molar-refractivity contribution is 5.69. The minimum Gasteiger partial charge on any atom is -0.463 e. The second kappa shape index (κ2) is 14.1. The van der Waals surface area contributed by atoms with Crippen molar-refractivity contribution in [2.75, 3.05) is 12.3 Å². The lowest BCUT2D eigenvalue weighted by atomic mass is 10.1. The molecule has 8 nitrogen and oxygen atoms in total. The molecule has 2 rings (SSSR count). The summed E-state index contributed by atoms with van der Waals surface area (Å²) in [5, 5.41) is 10.3. The van der Waals surface area contributed by atoms with E-state index in [1.165, 1.54) is 68.2 Å². The van der Waals surface area contributed by atoms with E-state index in [2.05, 4.69) is 18.5 Å². The summed E-state index contributed by atoms with van der Waals surface area (Å²) in [6.45, 7) is 5.95. The van der Waals surface area contributed by atoms with Crippen molar-refractivity contribution >= 4 is 11.8 Å². The first-order valence-electron chi connectivity index (χ1n) is 12.0. The van der Waals surface area contributed by atoms with Crippen molar-refractivity contribution in [1.29, 1.82) is 0 Å². The lowest BCUT2D eigenvalue weighted by Gasteiger charge is -2.15. The summed E-state index contributed by atoms with van der Waals surface area (Å²) in [7, 11) is 0. The van der Waals surface area contributed by atoms with Gasteiger partial charge >= 0.3 is 11.7 Å². The van der Waals surface area contributed by atoms with E-state index < -0.39 is 24.1 Å². The number of rotatable bonds is 15. The number of carbonyl (C=O) groups excluding carboxylic acids is 1. The summed E-state index contributed by atoms with van der Waals surface area (Å²) in [5.74, 6) is -0.208. The number of nitrogens with zero attached hydrogens (tertiary/aromatic N) is 2. The van der Waals surface area contributed by atoms with E-state index in [1.807, 2.05) is 0 Å². The van der Waals surface area contributed by atoms with Crippen LogP contribution < -0.4 is 11.4 Å². The summed E-state index contributed by atoms with van der Waals surface area (Å²) in [4.78, 5) is 27.7. The lowest BCUT2D eigenvalue weighted by Crippen LogP contribution is -2.29. The van der Waals surface area contributed by atoms with Crippen molar-refractivity contribution in [2.45, 2.75) is 102 Å². The molecule has 0 spiro atoms. The van der Waals surface area contributed by atoms with Crippen LogP contribution in [0.5, 0.6) is 0 Å². The van der Waals surface area contributed by atoms with Gasteiger partial charge in [0, 0.05) is 18.2 Å². The molecule has 1 aromatic rings. The molecule has 0 bridgehead atoms. The Morgan fingerprint density at radius 3 is 2.34 bits per heavy atom. The smallest absolute Gasteiger partial charge is 0.351 e. The first kappa shape index (κ1) is 26.1. The first-order chi connectivity index (χ1) is 15.4. The van der Waals surface area contributed by atoms with Gasteiger partial charge in [0.2, 0.25) is 0 Å². The van der Waals surface area contributed by atoms with Crippen LogP contribution in [0.1, 0.15) is 90.2 Å². The molecule has 3 atom stereocenters. The molecule has 1 aliphatic heterocycles. The summed E-state index contributed by atoms with van der Waals surface area (Å²) >= 11 is 0. The van der Waals surface area contributed by atoms with Crippen molar-refractivity contribution in [1.82, 2.24) is 9.55 Å². The van der Waals surface area contributed by atoms with Crippen molar-refractivity contribution in [3.05, 3.63) is 34.9 Å². The molecule has 1 aliphatic rings. The highest BCUT2D eigenvalue weighted by Crippen LogP contribution is 2.32. The minimum absolute atomic E-state index is 0.0926. The molecule has 1 fully saturated rings. The molecular weight excluding hydrogens is 410 g/mol. The molecule has 32 heavy (non-hydrogen) atoms. The third-order valence-corrected chi connectivity index (χ3v) is 5.85. The Bertz CT molecular complexity index is 779. The van der Waals surface area contributed by atoms with Crippen LogP contribution in [0.3, 0.4) is 0 Å². The van der Waals surface area contributed by atoms with Crippen molar-refractivity contribution < 1.29 is 19.4 Å². The Hall–Kier alpha value is -2.19. The average Bonchev–Trinajstić information content (AvgIpc) is 3.04. The van der Waals surface area contributed by atoms with Gasteiger partial charge in [-0.2, -0.15) is 4.98 Å². The molecule has 2 heterocycles. The van der Waals surface area contributed by atoms with Crippen LogP contribution in [0.15, 0.2) is 29.2 Å². The highest BCUT2D eigenvalue weighted by Gasteiger charge is 2.39. The van der Waals surface area contributed by atoms with Crippen LogP contribution >= 0.6 is 0 Å². The highest BCUT2D eigenvalue weighted by atomic mass is 16.6. The van der Waals surface area contributed by atoms with E-state index in [-0.39, 0.29) is 18.4 Å². The SMILES string of the molecule is C=C1C(O)[C@@H](COC(=O)CCCCCCCCCCCCC)O[C@H]1n1ccc(N)nc1=O. The van der Waals surface area contributed by atoms with E-state index in [1.54, 1.807) is 0 Å². The number of hydrogen-bond acceptors (Lipinski definition) is 7. The van der Waals surface area contributed by atoms with E-state index in [4.69, 9.17) is 15.2 Å². The van der Waals surface area contributed by atoms with Crippen LogP contribution in [0.2, 0.25) is 0 Å². The number of aromatic nitrogens is 2. The zero-order valence-corrected chi connectivity index (χ0v) is 19.3. The van der Waals surface area contributed by atoms with Crippen molar-refractivity contribution in [3.63, 3.8) is 0 Å². The predicted octanol–water partition coefficient (Wildman–Crippen LogP) is 3.88. The standard InChI is InChI=1S/C24H39N3O5/c1-3-4-5-6-7-8-9-10-11-12-13-14-21(28)31-17-19-22(29)18(2)23(32-19)27-16-15-20(25)26-24(27)30/h15-16,19,22-23,29H,2-14,17H2,1H3,(H2,25,26,30)/t19-,22?,23-/m1/s1. The van der Waals surface area contributed by atoms with Crippen LogP contribution in [0.4, 0.5) is 5.82 Å². The normalized spacial score (nSPS) is 20.6. The number of anilines is 1. The van der Waals surface area contributed by atoms with Gasteiger partial charge in [-0.3, -0.25) is 9.36 Å². The Morgan fingerprint density at radius 1 is 1.16 bits per heavy atom. The fourth-order valence-electron chi connectivity index (χ4n) is 3.87. The van der Waals surface area contributed by atoms with Gasteiger partial charge in [0.25, 0.3) is 0 Å². The average molecular weight is 450 g/mol. The Labute approximate surface area is 190 Å². The van der Waals surface area contributed by atoms with Gasteiger partial charge in [-0.25, -0.2) is 4.79 Å². The molecule has 3 N–H and O–H groups in total. The zero-order chi connectivity index (χ0) is 23.3. The number of carbonyl (C=O) groups is 1. The maximum absolute atomic E-state index is 12.0. The monoisotopic (exact) mass is 449 g/mol. The molecular formula is C24H39N3O5. The van der Waals surface area contributed by atoms with Gasteiger partial charge in [-0.1, -0.05) is 77.7 Å². The first-order valence-corrected chi connectivity index (χ1v) is 12.0. The number of nitrogen functional groups attached to an aromatic ring is 1. The second-order valence-electron chi connectivity index (χ2n) is 8.56. The quantitative estimate of drug-likeness (QED) is 0.237. The van der Waals surface area contributed by atoms with Crippen LogP contribution in [0.25, 0.3) is 0 Å². The van der Waals surface area contributed by atoms with Gasteiger partial charge in [-0.05, 0) is 12.5 Å². The topological polar surface area (TPSA) is 117 Å². The molecule has 1 unspecified atom stereocenters.